The summed E-state index contributed by atoms with van der Waals surface area (Å²) in [5.74, 6) is 0.0162. The number of fused-ring (bicyclic) bond motifs is 1. The topological polar surface area (TPSA) is 75.1 Å². The van der Waals surface area contributed by atoms with Crippen molar-refractivity contribution in [1.29, 1.82) is 5.41 Å². The number of pyridine rings is 1. The van der Waals surface area contributed by atoms with Gasteiger partial charge in [0.1, 0.15) is 5.84 Å². The lowest BCUT2D eigenvalue weighted by Crippen LogP contribution is -2.51. The first-order chi connectivity index (χ1) is 16.4. The number of hydrogen-bond donors (Lipinski definition) is 2. The highest BCUT2D eigenvalue weighted by atomic mass is 16.1. The highest BCUT2D eigenvalue weighted by Gasteiger charge is 2.34. The monoisotopic (exact) mass is 456 g/mol. The fourth-order valence-corrected chi connectivity index (χ4v) is 6.48. The predicted octanol–water partition coefficient (Wildman–Crippen LogP) is 5.70. The van der Waals surface area contributed by atoms with E-state index >= 15 is 0 Å². The number of rotatable bonds is 4. The zero-order valence-electron chi connectivity index (χ0n) is 20.3. The molecule has 2 heterocycles. The van der Waals surface area contributed by atoms with Gasteiger partial charge in [-0.25, -0.2) is 0 Å². The lowest BCUT2D eigenvalue weighted by molar-refractivity contribution is 0.0308. The highest BCUT2D eigenvalue weighted by molar-refractivity contribution is 5.96. The fourth-order valence-electron chi connectivity index (χ4n) is 6.48. The third kappa shape index (κ3) is 4.18. The van der Waals surface area contributed by atoms with Gasteiger partial charge in [0.05, 0.1) is 5.52 Å². The molecule has 2 atom stereocenters. The number of nitrogen functional groups attached to an aromatic ring is 1. The molecular formula is C29H36N4O. The zero-order chi connectivity index (χ0) is 23.8. The van der Waals surface area contributed by atoms with E-state index in [-0.39, 0.29) is 17.4 Å². The van der Waals surface area contributed by atoms with Crippen LogP contribution < -0.4 is 11.3 Å². The van der Waals surface area contributed by atoms with Crippen LogP contribution in [0, 0.1) is 5.41 Å². The zero-order valence-corrected chi connectivity index (χ0v) is 20.3. The van der Waals surface area contributed by atoms with Gasteiger partial charge >= 0.3 is 0 Å². The SMILES string of the molecule is C[C@@H]1CCC[C@H](C)N1C1CCC(n2c(=O)c(-c3cccc(C(=N)N)c3)cc3ccccc32)CC1. The van der Waals surface area contributed by atoms with Crippen molar-refractivity contribution in [3.8, 4) is 11.1 Å². The van der Waals surface area contributed by atoms with Crippen molar-refractivity contribution in [2.24, 2.45) is 5.73 Å². The Morgan fingerprint density at radius 3 is 2.26 bits per heavy atom. The van der Waals surface area contributed by atoms with E-state index in [1.54, 1.807) is 0 Å². The number of para-hydroxylation sites is 1. The van der Waals surface area contributed by atoms with Gasteiger partial charge in [-0.15, -0.1) is 0 Å². The molecular weight excluding hydrogens is 420 g/mol. The number of benzene rings is 2. The molecule has 5 heteroatoms. The molecule has 1 saturated carbocycles. The van der Waals surface area contributed by atoms with E-state index in [1.807, 2.05) is 42.5 Å². The van der Waals surface area contributed by atoms with Gasteiger partial charge < -0.3 is 10.3 Å². The van der Waals surface area contributed by atoms with E-state index in [2.05, 4.69) is 35.4 Å². The van der Waals surface area contributed by atoms with Gasteiger partial charge in [0.15, 0.2) is 0 Å². The quantitative estimate of drug-likeness (QED) is 0.391. The van der Waals surface area contributed by atoms with Crippen molar-refractivity contribution >= 4 is 16.7 Å². The summed E-state index contributed by atoms with van der Waals surface area (Å²) < 4.78 is 2.06. The Labute approximate surface area is 202 Å². The molecule has 3 N–H and O–H groups in total. The smallest absolute Gasteiger partial charge is 0.259 e. The summed E-state index contributed by atoms with van der Waals surface area (Å²) in [7, 11) is 0. The van der Waals surface area contributed by atoms with Crippen LogP contribution in [0.2, 0.25) is 0 Å². The Hall–Kier alpha value is -2.92. The first-order valence-electron chi connectivity index (χ1n) is 12.8. The Morgan fingerprint density at radius 2 is 1.56 bits per heavy atom. The molecule has 5 nitrogen and oxygen atoms in total. The van der Waals surface area contributed by atoms with Gasteiger partial charge in [0.2, 0.25) is 0 Å². The van der Waals surface area contributed by atoms with Crippen LogP contribution in [0.1, 0.15) is 70.4 Å². The van der Waals surface area contributed by atoms with Crippen LogP contribution in [0.25, 0.3) is 22.0 Å². The first-order valence-corrected chi connectivity index (χ1v) is 12.8. The molecule has 0 unspecified atom stereocenters. The van der Waals surface area contributed by atoms with Crippen LogP contribution in [0.15, 0.2) is 59.4 Å². The number of aromatic nitrogens is 1. The number of likely N-dealkylation sites (tertiary alicyclic amines) is 1. The van der Waals surface area contributed by atoms with Gasteiger partial charge in [-0.3, -0.25) is 15.1 Å². The Bertz CT molecular complexity index is 1240. The van der Waals surface area contributed by atoms with Crippen molar-refractivity contribution in [2.45, 2.75) is 83.0 Å². The minimum atomic E-state index is 0.0162. The molecule has 1 aliphatic carbocycles. The van der Waals surface area contributed by atoms with Crippen LogP contribution >= 0.6 is 0 Å². The van der Waals surface area contributed by atoms with Gasteiger partial charge in [0.25, 0.3) is 5.56 Å². The minimum Gasteiger partial charge on any atom is -0.384 e. The van der Waals surface area contributed by atoms with E-state index in [0.717, 1.165) is 42.1 Å². The number of amidine groups is 1. The van der Waals surface area contributed by atoms with Crippen LogP contribution in [0.4, 0.5) is 0 Å². The molecule has 3 aromatic rings. The van der Waals surface area contributed by atoms with Gasteiger partial charge in [0, 0.05) is 35.3 Å². The average Bonchev–Trinajstić information content (AvgIpc) is 2.84. The van der Waals surface area contributed by atoms with Gasteiger partial charge in [-0.05, 0) is 81.5 Å². The maximum atomic E-state index is 13.9. The van der Waals surface area contributed by atoms with Crippen LogP contribution in [-0.2, 0) is 0 Å². The molecule has 34 heavy (non-hydrogen) atoms. The van der Waals surface area contributed by atoms with Crippen molar-refractivity contribution in [1.82, 2.24) is 9.47 Å². The highest BCUT2D eigenvalue weighted by Crippen LogP contribution is 2.37. The van der Waals surface area contributed by atoms with Gasteiger partial charge in [-0.1, -0.05) is 42.8 Å². The molecule has 0 amide bonds. The first kappa shape index (κ1) is 22.9. The predicted molar refractivity (Wildman–Crippen MR) is 141 cm³/mol. The lowest BCUT2D eigenvalue weighted by Gasteiger charge is -2.46. The molecule has 178 valence electrons. The summed E-state index contributed by atoms with van der Waals surface area (Å²) in [6.07, 6.45) is 8.29. The molecule has 5 rings (SSSR count). The van der Waals surface area contributed by atoms with E-state index in [4.69, 9.17) is 11.1 Å². The third-order valence-corrected chi connectivity index (χ3v) is 8.14. The third-order valence-electron chi connectivity index (χ3n) is 8.14. The van der Waals surface area contributed by atoms with E-state index in [1.165, 1.54) is 19.3 Å². The average molecular weight is 457 g/mol. The summed E-state index contributed by atoms with van der Waals surface area (Å²) >= 11 is 0. The summed E-state index contributed by atoms with van der Waals surface area (Å²) in [4.78, 5) is 16.7. The second-order valence-electron chi connectivity index (χ2n) is 10.3. The summed E-state index contributed by atoms with van der Waals surface area (Å²) in [5, 5.41) is 8.88. The molecule has 1 aromatic heterocycles. The molecule has 2 aromatic carbocycles. The number of nitrogens with one attached hydrogen (secondary N) is 1. The Balaban J connectivity index is 1.50. The second-order valence-corrected chi connectivity index (χ2v) is 10.3. The van der Waals surface area contributed by atoms with Crippen molar-refractivity contribution in [3.63, 3.8) is 0 Å². The van der Waals surface area contributed by atoms with Gasteiger partial charge in [-0.2, -0.15) is 0 Å². The van der Waals surface area contributed by atoms with Crippen molar-refractivity contribution in [3.05, 3.63) is 70.5 Å². The molecule has 0 spiro atoms. The number of hydrogen-bond acceptors (Lipinski definition) is 3. The van der Waals surface area contributed by atoms with Crippen LogP contribution in [0.5, 0.6) is 0 Å². The van der Waals surface area contributed by atoms with E-state index in [0.29, 0.717) is 29.3 Å². The normalized spacial score (nSPS) is 25.9. The number of nitrogens with two attached hydrogens (primary N) is 1. The maximum absolute atomic E-state index is 13.9. The fraction of sp³-hybridized carbons (Fsp3) is 0.448. The standard InChI is InChI=1S/C29H36N4O/c1-19-7-5-8-20(2)32(19)24-13-15-25(16-14-24)33-27-12-4-3-9-22(27)18-26(29(33)34)21-10-6-11-23(17-21)28(30)31/h3-4,6,9-12,17-20,24-25H,5,7-8,13-16H2,1-2H3,(H3,30,31)/t19-,20+,24?,25?. The molecule has 1 aliphatic heterocycles. The van der Waals surface area contributed by atoms with E-state index < -0.39 is 0 Å². The van der Waals surface area contributed by atoms with Crippen LogP contribution in [-0.4, -0.2) is 33.4 Å². The maximum Gasteiger partial charge on any atom is 0.259 e. The van der Waals surface area contributed by atoms with Crippen molar-refractivity contribution in [2.75, 3.05) is 0 Å². The summed E-state index contributed by atoms with van der Waals surface area (Å²) in [6, 6.07) is 19.9. The molecule has 2 aliphatic rings. The summed E-state index contributed by atoms with van der Waals surface area (Å²) in [5.41, 5.74) is 8.94. The summed E-state index contributed by atoms with van der Waals surface area (Å²) in [6.45, 7) is 4.77. The largest absolute Gasteiger partial charge is 0.384 e. The number of piperidine rings is 1. The van der Waals surface area contributed by atoms with Crippen molar-refractivity contribution < 1.29 is 0 Å². The minimum absolute atomic E-state index is 0.0162. The molecule has 0 radical (unpaired) electrons. The Kier molecular flexibility index (Phi) is 6.30. The van der Waals surface area contributed by atoms with Crippen LogP contribution in [0.3, 0.4) is 0 Å². The number of nitrogens with zero attached hydrogens (tertiary/aromatic N) is 2. The molecule has 0 bridgehead atoms. The lowest BCUT2D eigenvalue weighted by atomic mass is 9.85. The van der Waals surface area contributed by atoms with E-state index in [9.17, 15) is 4.79 Å². The molecule has 2 fully saturated rings. The second kappa shape index (κ2) is 9.38. The Morgan fingerprint density at radius 1 is 0.882 bits per heavy atom. The molecule has 1 saturated heterocycles.